The molecule has 0 aliphatic carbocycles. The van der Waals surface area contributed by atoms with E-state index in [1.807, 2.05) is 0 Å². The van der Waals surface area contributed by atoms with Crippen LogP contribution in [0.25, 0.3) is 0 Å². The summed E-state index contributed by atoms with van der Waals surface area (Å²) in [5.41, 5.74) is 1.43. The van der Waals surface area contributed by atoms with Crippen LogP contribution in [0, 0.1) is 0 Å². The maximum atomic E-state index is 10.6. The van der Waals surface area contributed by atoms with E-state index in [4.69, 9.17) is 19.7 Å². The van der Waals surface area contributed by atoms with Crippen molar-refractivity contribution < 1.29 is 29.3 Å². The second-order valence-electron chi connectivity index (χ2n) is 5.13. The van der Waals surface area contributed by atoms with Crippen LogP contribution in [0.2, 0.25) is 0 Å². The molecule has 0 spiro atoms. The van der Waals surface area contributed by atoms with E-state index in [1.54, 1.807) is 48.5 Å². The van der Waals surface area contributed by atoms with Crippen molar-refractivity contribution in [1.82, 2.24) is 0 Å². The van der Waals surface area contributed by atoms with Gasteiger partial charge in [0.25, 0.3) is 0 Å². The van der Waals surface area contributed by atoms with Gasteiger partial charge in [-0.25, -0.2) is 0 Å². The topological polar surface area (TPSA) is 93.1 Å². The zero-order valence-corrected chi connectivity index (χ0v) is 13.0. The molecule has 126 valence electrons. The molecule has 0 aromatic heterocycles. The number of carboxylic acids is 2. The van der Waals surface area contributed by atoms with Crippen molar-refractivity contribution in [3.63, 3.8) is 0 Å². The molecule has 0 saturated carbocycles. The summed E-state index contributed by atoms with van der Waals surface area (Å²) in [4.78, 5) is 21.2. The first-order chi connectivity index (χ1) is 11.5. The van der Waals surface area contributed by atoms with Crippen molar-refractivity contribution in [2.75, 3.05) is 13.2 Å². The lowest BCUT2D eigenvalue weighted by Gasteiger charge is -2.09. The smallest absolute Gasteiger partial charge is 0.307 e. The van der Waals surface area contributed by atoms with E-state index in [2.05, 4.69) is 0 Å². The van der Waals surface area contributed by atoms with Gasteiger partial charge in [0.2, 0.25) is 0 Å². The molecule has 0 aliphatic heterocycles. The molecule has 2 N–H and O–H groups in total. The van der Waals surface area contributed by atoms with Crippen LogP contribution in [0.1, 0.15) is 11.1 Å². The van der Waals surface area contributed by atoms with Gasteiger partial charge in [-0.05, 0) is 35.4 Å². The Bertz CT molecular complexity index is 614. The van der Waals surface area contributed by atoms with Crippen LogP contribution in [0.5, 0.6) is 11.5 Å². The Morgan fingerprint density at radius 3 is 1.29 bits per heavy atom. The standard InChI is InChI=1S/C18H18O6/c19-17(20)11-13-1-5-15(6-2-13)23-9-10-24-16-7-3-14(4-8-16)12-18(21)22/h1-8H,9-12H2,(H,19,20)(H,21,22). The fourth-order valence-corrected chi connectivity index (χ4v) is 2.08. The fourth-order valence-electron chi connectivity index (χ4n) is 2.08. The molecule has 2 aromatic carbocycles. The van der Waals surface area contributed by atoms with Gasteiger partial charge in [-0.1, -0.05) is 24.3 Å². The van der Waals surface area contributed by atoms with Gasteiger partial charge >= 0.3 is 11.9 Å². The molecular formula is C18H18O6. The number of hydrogen-bond donors (Lipinski definition) is 2. The van der Waals surface area contributed by atoms with Crippen molar-refractivity contribution in [2.24, 2.45) is 0 Å². The Kier molecular flexibility index (Phi) is 6.19. The first kappa shape index (κ1) is 17.3. The van der Waals surface area contributed by atoms with Gasteiger partial charge in [0, 0.05) is 0 Å². The molecule has 2 rings (SSSR count). The van der Waals surface area contributed by atoms with E-state index >= 15 is 0 Å². The van der Waals surface area contributed by atoms with Crippen molar-refractivity contribution >= 4 is 11.9 Å². The van der Waals surface area contributed by atoms with Crippen LogP contribution in [-0.2, 0) is 22.4 Å². The number of carboxylic acid groups (broad SMARTS) is 2. The summed E-state index contributed by atoms with van der Waals surface area (Å²) in [5.74, 6) is -0.452. The molecule has 6 heteroatoms. The summed E-state index contributed by atoms with van der Waals surface area (Å²) in [5, 5.41) is 17.4. The van der Waals surface area contributed by atoms with Gasteiger partial charge in [-0.3, -0.25) is 9.59 Å². The van der Waals surface area contributed by atoms with Crippen LogP contribution < -0.4 is 9.47 Å². The minimum atomic E-state index is -0.869. The van der Waals surface area contributed by atoms with Crippen molar-refractivity contribution in [3.05, 3.63) is 59.7 Å². The molecule has 0 amide bonds. The molecule has 0 saturated heterocycles. The molecule has 24 heavy (non-hydrogen) atoms. The quantitative estimate of drug-likeness (QED) is 0.686. The first-order valence-electron chi connectivity index (χ1n) is 7.40. The first-order valence-corrected chi connectivity index (χ1v) is 7.40. The Labute approximate surface area is 139 Å². The van der Waals surface area contributed by atoms with Gasteiger partial charge in [-0.2, -0.15) is 0 Å². The van der Waals surface area contributed by atoms with Crippen molar-refractivity contribution in [1.29, 1.82) is 0 Å². The summed E-state index contributed by atoms with van der Waals surface area (Å²) in [6.45, 7) is 0.685. The van der Waals surface area contributed by atoms with Crippen LogP contribution in [0.4, 0.5) is 0 Å². The third-order valence-corrected chi connectivity index (χ3v) is 3.18. The molecule has 0 aliphatic rings. The summed E-state index contributed by atoms with van der Waals surface area (Å²) < 4.78 is 11.0. The largest absolute Gasteiger partial charge is 0.490 e. The van der Waals surface area contributed by atoms with Crippen LogP contribution in [0.3, 0.4) is 0 Å². The Balaban J connectivity index is 1.72. The minimum absolute atomic E-state index is 0.0126. The maximum absolute atomic E-state index is 10.6. The van der Waals surface area contributed by atoms with Crippen molar-refractivity contribution in [3.8, 4) is 11.5 Å². The van der Waals surface area contributed by atoms with E-state index in [0.717, 1.165) is 0 Å². The Morgan fingerprint density at radius 2 is 1.00 bits per heavy atom. The molecule has 0 unspecified atom stereocenters. The highest BCUT2D eigenvalue weighted by Crippen LogP contribution is 2.14. The Hall–Kier alpha value is -3.02. The molecular weight excluding hydrogens is 312 g/mol. The monoisotopic (exact) mass is 330 g/mol. The van der Waals surface area contributed by atoms with Crippen molar-refractivity contribution in [2.45, 2.75) is 12.8 Å². The number of aliphatic carboxylic acids is 2. The van der Waals surface area contributed by atoms with E-state index in [1.165, 1.54) is 0 Å². The minimum Gasteiger partial charge on any atom is -0.490 e. The molecule has 2 aromatic rings. The lowest BCUT2D eigenvalue weighted by atomic mass is 10.1. The number of benzene rings is 2. The van der Waals surface area contributed by atoms with E-state index < -0.39 is 11.9 Å². The van der Waals surface area contributed by atoms with E-state index in [9.17, 15) is 9.59 Å². The van der Waals surface area contributed by atoms with Gasteiger partial charge < -0.3 is 19.7 Å². The molecule has 0 radical (unpaired) electrons. The van der Waals surface area contributed by atoms with E-state index in [-0.39, 0.29) is 12.8 Å². The number of hydrogen-bond acceptors (Lipinski definition) is 4. The Morgan fingerprint density at radius 1 is 0.667 bits per heavy atom. The van der Waals surface area contributed by atoms with Crippen LogP contribution in [-0.4, -0.2) is 35.4 Å². The lowest BCUT2D eigenvalue weighted by molar-refractivity contribution is -0.137. The van der Waals surface area contributed by atoms with Crippen LogP contribution in [0.15, 0.2) is 48.5 Å². The van der Waals surface area contributed by atoms with Gasteiger partial charge in [-0.15, -0.1) is 0 Å². The lowest BCUT2D eigenvalue weighted by Crippen LogP contribution is -2.09. The average Bonchev–Trinajstić information content (AvgIpc) is 2.53. The third kappa shape index (κ3) is 6.00. The predicted molar refractivity (Wildman–Crippen MR) is 86.6 cm³/mol. The highest BCUT2D eigenvalue weighted by atomic mass is 16.5. The molecule has 0 fully saturated rings. The second-order valence-corrected chi connectivity index (χ2v) is 5.13. The summed E-state index contributed by atoms with van der Waals surface area (Å²) in [6.07, 6.45) is -0.0253. The molecule has 0 heterocycles. The summed E-state index contributed by atoms with van der Waals surface area (Å²) in [6, 6.07) is 13.7. The van der Waals surface area contributed by atoms with Gasteiger partial charge in [0.15, 0.2) is 0 Å². The highest BCUT2D eigenvalue weighted by Gasteiger charge is 2.02. The molecule has 6 nitrogen and oxygen atoms in total. The van der Waals surface area contributed by atoms with Crippen LogP contribution >= 0.6 is 0 Å². The van der Waals surface area contributed by atoms with E-state index in [0.29, 0.717) is 35.8 Å². The number of ether oxygens (including phenoxy) is 2. The maximum Gasteiger partial charge on any atom is 0.307 e. The third-order valence-electron chi connectivity index (χ3n) is 3.18. The summed E-state index contributed by atoms with van der Waals surface area (Å²) in [7, 11) is 0. The number of carbonyl (C=O) groups is 2. The second kappa shape index (κ2) is 8.57. The fraction of sp³-hybridized carbons (Fsp3) is 0.222. The van der Waals surface area contributed by atoms with Gasteiger partial charge in [0.05, 0.1) is 12.8 Å². The zero-order valence-electron chi connectivity index (χ0n) is 13.0. The summed E-state index contributed by atoms with van der Waals surface area (Å²) >= 11 is 0. The molecule has 0 atom stereocenters. The molecule has 0 bridgehead atoms. The zero-order chi connectivity index (χ0) is 17.4. The SMILES string of the molecule is O=C(O)Cc1ccc(OCCOc2ccc(CC(=O)O)cc2)cc1. The average molecular weight is 330 g/mol. The number of rotatable bonds is 9. The normalized spacial score (nSPS) is 10.2. The predicted octanol–water partition coefficient (Wildman–Crippen LogP) is 2.40. The van der Waals surface area contributed by atoms with Gasteiger partial charge in [0.1, 0.15) is 24.7 Å². The highest BCUT2D eigenvalue weighted by molar-refractivity contribution is 5.70.